The van der Waals surface area contributed by atoms with E-state index >= 15 is 0 Å². The maximum Gasteiger partial charge on any atom is 0.360 e. The lowest BCUT2D eigenvalue weighted by Gasteiger charge is -2.06. The van der Waals surface area contributed by atoms with Gasteiger partial charge in [-0.2, -0.15) is 0 Å². The minimum atomic E-state index is -0.530. The van der Waals surface area contributed by atoms with Gasteiger partial charge >= 0.3 is 5.97 Å². The summed E-state index contributed by atoms with van der Waals surface area (Å²) in [6, 6.07) is 0. The first kappa shape index (κ1) is 13.0. The predicted octanol–water partition coefficient (Wildman–Crippen LogP) is 0.984. The Labute approximate surface area is 110 Å². The van der Waals surface area contributed by atoms with Gasteiger partial charge in [0, 0.05) is 18.8 Å². The van der Waals surface area contributed by atoms with Gasteiger partial charge in [-0.25, -0.2) is 14.8 Å². The Bertz CT molecular complexity index is 579. The quantitative estimate of drug-likeness (QED) is 0.824. The topological polar surface area (TPSA) is 95.9 Å². The molecular weight excluding hydrogens is 246 g/mol. The lowest BCUT2D eigenvalue weighted by Crippen LogP contribution is -2.10. The largest absolute Gasteiger partial charge is 0.461 e. The van der Waals surface area contributed by atoms with Gasteiger partial charge in [-0.05, 0) is 6.92 Å². The molecule has 0 spiro atoms. The fraction of sp³-hybridized carbons (Fsp3) is 0.333. The van der Waals surface area contributed by atoms with Gasteiger partial charge in [0.05, 0.1) is 12.8 Å². The highest BCUT2D eigenvalue weighted by molar-refractivity contribution is 5.92. The van der Waals surface area contributed by atoms with Crippen LogP contribution in [0.15, 0.2) is 18.6 Å². The second-order valence-electron chi connectivity index (χ2n) is 3.73. The molecule has 0 saturated heterocycles. The van der Waals surface area contributed by atoms with Crippen LogP contribution in [-0.4, -0.2) is 32.1 Å². The molecule has 100 valence electrons. The Kier molecular flexibility index (Phi) is 3.74. The van der Waals surface area contributed by atoms with Crippen LogP contribution in [0.3, 0.4) is 0 Å². The average molecular weight is 261 g/mol. The molecule has 0 radical (unpaired) electrons. The number of carbonyl (C=O) groups excluding carboxylic acids is 1. The third kappa shape index (κ3) is 2.40. The Hall–Kier alpha value is -2.44. The number of hydrogen-bond donors (Lipinski definition) is 1. The van der Waals surface area contributed by atoms with Crippen LogP contribution in [0.25, 0.3) is 5.82 Å². The van der Waals surface area contributed by atoms with Crippen molar-refractivity contribution in [2.45, 2.75) is 20.3 Å². The highest BCUT2D eigenvalue weighted by atomic mass is 16.5. The van der Waals surface area contributed by atoms with Gasteiger partial charge in [-0.1, -0.05) is 6.92 Å². The molecule has 0 bridgehead atoms. The van der Waals surface area contributed by atoms with E-state index in [2.05, 4.69) is 15.0 Å². The number of nitrogens with two attached hydrogens (primary N) is 1. The van der Waals surface area contributed by atoms with E-state index in [0.29, 0.717) is 18.1 Å². The number of nitrogens with zero attached hydrogens (tertiary/aromatic N) is 4. The zero-order chi connectivity index (χ0) is 13.8. The van der Waals surface area contributed by atoms with E-state index < -0.39 is 5.97 Å². The molecular formula is C12H15N5O2. The number of aryl methyl sites for hydroxylation is 1. The summed E-state index contributed by atoms with van der Waals surface area (Å²) in [7, 11) is 0. The molecule has 2 N–H and O–H groups in total. The summed E-state index contributed by atoms with van der Waals surface area (Å²) in [4.78, 5) is 24.1. The molecule has 7 heteroatoms. The molecule has 2 aromatic heterocycles. The third-order valence-electron chi connectivity index (χ3n) is 2.55. The van der Waals surface area contributed by atoms with Crippen molar-refractivity contribution >= 4 is 11.8 Å². The molecule has 2 heterocycles. The molecule has 19 heavy (non-hydrogen) atoms. The first-order valence-corrected chi connectivity index (χ1v) is 5.99. The smallest absolute Gasteiger partial charge is 0.360 e. The summed E-state index contributed by atoms with van der Waals surface area (Å²) >= 11 is 0. The SMILES string of the molecule is CCOC(=O)c1nc(CC)n(-c2cnccn2)c1N. The van der Waals surface area contributed by atoms with Gasteiger partial charge in [0.25, 0.3) is 0 Å². The number of rotatable bonds is 4. The monoisotopic (exact) mass is 261 g/mol. The Morgan fingerprint density at radius 1 is 1.42 bits per heavy atom. The second-order valence-corrected chi connectivity index (χ2v) is 3.73. The molecule has 2 rings (SSSR count). The first-order chi connectivity index (χ1) is 9.19. The summed E-state index contributed by atoms with van der Waals surface area (Å²) < 4.78 is 6.54. The van der Waals surface area contributed by atoms with E-state index in [9.17, 15) is 4.79 Å². The van der Waals surface area contributed by atoms with E-state index in [1.165, 1.54) is 0 Å². The van der Waals surface area contributed by atoms with Crippen LogP contribution in [0.4, 0.5) is 5.82 Å². The van der Waals surface area contributed by atoms with Gasteiger partial charge < -0.3 is 10.5 Å². The van der Waals surface area contributed by atoms with Crippen molar-refractivity contribution in [3.63, 3.8) is 0 Å². The van der Waals surface area contributed by atoms with E-state index in [0.717, 1.165) is 0 Å². The van der Waals surface area contributed by atoms with Gasteiger partial charge in [-0.15, -0.1) is 0 Å². The van der Waals surface area contributed by atoms with Crippen molar-refractivity contribution in [1.29, 1.82) is 0 Å². The number of aromatic nitrogens is 4. The van der Waals surface area contributed by atoms with Crippen molar-refractivity contribution in [3.8, 4) is 5.82 Å². The van der Waals surface area contributed by atoms with Crippen molar-refractivity contribution < 1.29 is 9.53 Å². The standard InChI is InChI=1S/C12H15N5O2/c1-3-8-16-10(12(18)19-4-2)11(13)17(8)9-7-14-5-6-15-9/h5-7H,3-4,13H2,1-2H3. The predicted molar refractivity (Wildman–Crippen MR) is 68.9 cm³/mol. The minimum Gasteiger partial charge on any atom is -0.461 e. The summed E-state index contributed by atoms with van der Waals surface area (Å²) in [6.45, 7) is 3.93. The third-order valence-corrected chi connectivity index (χ3v) is 2.55. The number of hydrogen-bond acceptors (Lipinski definition) is 6. The number of anilines is 1. The van der Waals surface area contributed by atoms with Crippen molar-refractivity contribution in [2.75, 3.05) is 12.3 Å². The normalized spacial score (nSPS) is 10.4. The van der Waals surface area contributed by atoms with Crippen LogP contribution in [0.5, 0.6) is 0 Å². The number of esters is 1. The summed E-state index contributed by atoms with van der Waals surface area (Å²) in [6.07, 6.45) is 5.29. The molecule has 0 fully saturated rings. The van der Waals surface area contributed by atoms with E-state index in [4.69, 9.17) is 10.5 Å². The molecule has 0 aliphatic carbocycles. The molecule has 2 aromatic rings. The first-order valence-electron chi connectivity index (χ1n) is 5.99. The van der Waals surface area contributed by atoms with Crippen LogP contribution in [0.1, 0.15) is 30.2 Å². The molecule has 0 amide bonds. The molecule has 7 nitrogen and oxygen atoms in total. The Morgan fingerprint density at radius 3 is 2.79 bits per heavy atom. The Balaban J connectivity index is 2.52. The zero-order valence-corrected chi connectivity index (χ0v) is 10.8. The van der Waals surface area contributed by atoms with Crippen LogP contribution in [-0.2, 0) is 11.2 Å². The van der Waals surface area contributed by atoms with Crippen molar-refractivity contribution in [3.05, 3.63) is 30.1 Å². The molecule has 0 aliphatic rings. The van der Waals surface area contributed by atoms with Gasteiger partial charge in [0.15, 0.2) is 11.5 Å². The number of nitrogen functional groups attached to an aromatic ring is 1. The summed E-state index contributed by atoms with van der Waals surface area (Å²) in [5.74, 6) is 0.856. The fourth-order valence-electron chi connectivity index (χ4n) is 1.73. The maximum absolute atomic E-state index is 11.8. The van der Waals surface area contributed by atoms with Crippen LogP contribution >= 0.6 is 0 Å². The summed E-state index contributed by atoms with van der Waals surface area (Å²) in [5, 5.41) is 0. The average Bonchev–Trinajstić information content (AvgIpc) is 2.77. The number of ether oxygens (including phenoxy) is 1. The molecule has 0 saturated carbocycles. The minimum absolute atomic E-state index is 0.115. The van der Waals surface area contributed by atoms with Gasteiger partial charge in [0.2, 0.25) is 0 Å². The van der Waals surface area contributed by atoms with Crippen LogP contribution < -0.4 is 5.73 Å². The van der Waals surface area contributed by atoms with Crippen molar-refractivity contribution in [1.82, 2.24) is 19.5 Å². The van der Waals surface area contributed by atoms with E-state index in [1.54, 1.807) is 30.1 Å². The highest BCUT2D eigenvalue weighted by Crippen LogP contribution is 2.20. The molecule has 0 atom stereocenters. The fourth-order valence-corrected chi connectivity index (χ4v) is 1.73. The van der Waals surface area contributed by atoms with Crippen molar-refractivity contribution in [2.24, 2.45) is 0 Å². The molecule has 0 aromatic carbocycles. The van der Waals surface area contributed by atoms with Crippen LogP contribution in [0.2, 0.25) is 0 Å². The zero-order valence-electron chi connectivity index (χ0n) is 10.8. The highest BCUT2D eigenvalue weighted by Gasteiger charge is 2.22. The molecule has 0 unspecified atom stereocenters. The Morgan fingerprint density at radius 2 is 2.21 bits per heavy atom. The summed E-state index contributed by atoms with van der Waals surface area (Å²) in [5.41, 5.74) is 6.09. The maximum atomic E-state index is 11.8. The lowest BCUT2D eigenvalue weighted by atomic mass is 10.4. The van der Waals surface area contributed by atoms with Gasteiger partial charge in [-0.3, -0.25) is 9.55 Å². The second kappa shape index (κ2) is 5.47. The molecule has 0 aliphatic heterocycles. The number of imidazole rings is 1. The van der Waals surface area contributed by atoms with Crippen LogP contribution in [0, 0.1) is 0 Å². The van der Waals surface area contributed by atoms with E-state index in [-0.39, 0.29) is 18.1 Å². The lowest BCUT2D eigenvalue weighted by molar-refractivity contribution is 0.0521. The number of carbonyl (C=O) groups is 1. The van der Waals surface area contributed by atoms with Gasteiger partial charge in [0.1, 0.15) is 11.6 Å². The van der Waals surface area contributed by atoms with E-state index in [1.807, 2.05) is 6.92 Å².